The fourth-order valence-corrected chi connectivity index (χ4v) is 2.16. The molecule has 1 fully saturated rings. The number of ether oxygens (including phenoxy) is 1. The lowest BCUT2D eigenvalue weighted by Gasteiger charge is -2.20. The summed E-state index contributed by atoms with van der Waals surface area (Å²) in [4.78, 5) is 3.97. The van der Waals surface area contributed by atoms with Gasteiger partial charge in [0.25, 0.3) is 0 Å². The number of rotatable bonds is 1. The molecular weight excluding hydrogens is 228 g/mol. The number of hydrogen-bond donors (Lipinski definition) is 0. The van der Waals surface area contributed by atoms with Crippen molar-refractivity contribution in [1.29, 1.82) is 0 Å². The maximum atomic E-state index is 5.93. The van der Waals surface area contributed by atoms with Crippen molar-refractivity contribution >= 4 is 17.2 Å². The Labute approximate surface area is 97.4 Å². The standard InChI is InChI=1S/C10H11ClN4O/c11-8-10-14-13-9(15(10)5-4-12-8)7-3-1-2-6-16-7/h4-5,7H,1-3,6H2. The van der Waals surface area contributed by atoms with Crippen LogP contribution in [-0.4, -0.2) is 26.2 Å². The topological polar surface area (TPSA) is 52.3 Å². The van der Waals surface area contributed by atoms with Crippen LogP contribution >= 0.6 is 11.6 Å². The summed E-state index contributed by atoms with van der Waals surface area (Å²) in [6.07, 6.45) is 6.76. The van der Waals surface area contributed by atoms with E-state index < -0.39 is 0 Å². The average Bonchev–Trinajstić information content (AvgIpc) is 2.75. The third kappa shape index (κ3) is 1.56. The smallest absolute Gasteiger partial charge is 0.198 e. The normalized spacial score (nSPS) is 21.4. The highest BCUT2D eigenvalue weighted by atomic mass is 35.5. The van der Waals surface area contributed by atoms with E-state index in [0.29, 0.717) is 10.8 Å². The Morgan fingerprint density at radius 1 is 1.38 bits per heavy atom. The minimum atomic E-state index is 0.0298. The van der Waals surface area contributed by atoms with E-state index in [0.717, 1.165) is 25.3 Å². The number of nitrogens with zero attached hydrogens (tertiary/aromatic N) is 4. The van der Waals surface area contributed by atoms with Crippen LogP contribution in [0.5, 0.6) is 0 Å². The zero-order valence-electron chi connectivity index (χ0n) is 8.64. The molecule has 1 saturated heterocycles. The fourth-order valence-electron chi connectivity index (χ4n) is 1.98. The van der Waals surface area contributed by atoms with Gasteiger partial charge in [0.05, 0.1) is 0 Å². The summed E-state index contributed by atoms with van der Waals surface area (Å²) in [5.74, 6) is 0.819. The molecule has 0 saturated carbocycles. The van der Waals surface area contributed by atoms with Gasteiger partial charge in [-0.3, -0.25) is 4.40 Å². The lowest BCUT2D eigenvalue weighted by Crippen LogP contribution is -2.14. The number of halogens is 1. The first-order chi connectivity index (χ1) is 7.86. The molecule has 0 aromatic carbocycles. The largest absolute Gasteiger partial charge is 0.370 e. The Bertz CT molecular complexity index is 506. The third-order valence-corrected chi connectivity index (χ3v) is 3.04. The van der Waals surface area contributed by atoms with E-state index in [-0.39, 0.29) is 6.10 Å². The summed E-state index contributed by atoms with van der Waals surface area (Å²) >= 11 is 5.93. The predicted octanol–water partition coefficient (Wildman–Crippen LogP) is 2.02. The van der Waals surface area contributed by atoms with Gasteiger partial charge in [0.15, 0.2) is 16.6 Å². The van der Waals surface area contributed by atoms with Crippen LogP contribution in [0, 0.1) is 0 Å². The molecule has 3 rings (SSSR count). The van der Waals surface area contributed by atoms with Gasteiger partial charge in [-0.1, -0.05) is 11.6 Å². The average molecular weight is 239 g/mol. The third-order valence-electron chi connectivity index (χ3n) is 2.78. The van der Waals surface area contributed by atoms with Crippen molar-refractivity contribution in [3.05, 3.63) is 23.4 Å². The molecule has 1 unspecified atom stereocenters. The van der Waals surface area contributed by atoms with Crippen LogP contribution in [0.25, 0.3) is 5.65 Å². The van der Waals surface area contributed by atoms with Gasteiger partial charge in [0, 0.05) is 19.0 Å². The van der Waals surface area contributed by atoms with Gasteiger partial charge in [-0.25, -0.2) is 4.98 Å². The van der Waals surface area contributed by atoms with Crippen molar-refractivity contribution in [1.82, 2.24) is 19.6 Å². The fraction of sp³-hybridized carbons (Fsp3) is 0.500. The molecule has 3 heterocycles. The first kappa shape index (κ1) is 9.99. The molecular formula is C10H11ClN4O. The van der Waals surface area contributed by atoms with Crippen LogP contribution in [0.15, 0.2) is 12.4 Å². The molecule has 5 nitrogen and oxygen atoms in total. The van der Waals surface area contributed by atoms with Crippen molar-refractivity contribution in [2.75, 3.05) is 6.61 Å². The number of aromatic nitrogens is 4. The minimum absolute atomic E-state index is 0.0298. The molecule has 1 aliphatic heterocycles. The van der Waals surface area contributed by atoms with Gasteiger partial charge in [-0.05, 0) is 19.3 Å². The summed E-state index contributed by atoms with van der Waals surface area (Å²) in [5.41, 5.74) is 0.591. The summed E-state index contributed by atoms with van der Waals surface area (Å²) in [7, 11) is 0. The van der Waals surface area contributed by atoms with E-state index in [9.17, 15) is 0 Å². The molecule has 2 aromatic heterocycles. The first-order valence-corrected chi connectivity index (χ1v) is 5.71. The van der Waals surface area contributed by atoms with Crippen molar-refractivity contribution in [3.8, 4) is 0 Å². The quantitative estimate of drug-likeness (QED) is 0.763. The van der Waals surface area contributed by atoms with E-state index in [1.165, 1.54) is 6.42 Å². The molecule has 0 amide bonds. The summed E-state index contributed by atoms with van der Waals surface area (Å²) in [6.45, 7) is 0.790. The summed E-state index contributed by atoms with van der Waals surface area (Å²) in [5, 5.41) is 8.55. The van der Waals surface area contributed by atoms with Gasteiger partial charge in [-0.2, -0.15) is 0 Å². The zero-order chi connectivity index (χ0) is 11.0. The highest BCUT2D eigenvalue weighted by molar-refractivity contribution is 6.32. The maximum absolute atomic E-state index is 5.93. The Morgan fingerprint density at radius 3 is 3.12 bits per heavy atom. The molecule has 0 N–H and O–H groups in total. The second kappa shape index (κ2) is 3.99. The van der Waals surface area contributed by atoms with Gasteiger partial charge in [-0.15, -0.1) is 10.2 Å². The van der Waals surface area contributed by atoms with Crippen LogP contribution in [-0.2, 0) is 4.74 Å². The van der Waals surface area contributed by atoms with E-state index in [2.05, 4.69) is 15.2 Å². The Balaban J connectivity index is 2.06. The number of hydrogen-bond acceptors (Lipinski definition) is 4. The molecule has 0 radical (unpaired) electrons. The van der Waals surface area contributed by atoms with E-state index in [4.69, 9.17) is 16.3 Å². The van der Waals surface area contributed by atoms with Crippen molar-refractivity contribution in [3.63, 3.8) is 0 Å². The maximum Gasteiger partial charge on any atom is 0.198 e. The molecule has 0 spiro atoms. The molecule has 6 heteroatoms. The lowest BCUT2D eigenvalue weighted by atomic mass is 10.1. The first-order valence-electron chi connectivity index (χ1n) is 5.33. The van der Waals surface area contributed by atoms with Crippen LogP contribution in [0.4, 0.5) is 0 Å². The predicted molar refractivity (Wildman–Crippen MR) is 58.3 cm³/mol. The Morgan fingerprint density at radius 2 is 2.31 bits per heavy atom. The van der Waals surface area contributed by atoms with Gasteiger partial charge in [0.1, 0.15) is 6.10 Å². The molecule has 0 bridgehead atoms. The Kier molecular flexibility index (Phi) is 2.49. The molecule has 16 heavy (non-hydrogen) atoms. The minimum Gasteiger partial charge on any atom is -0.370 e. The van der Waals surface area contributed by atoms with Crippen molar-refractivity contribution in [2.24, 2.45) is 0 Å². The van der Waals surface area contributed by atoms with E-state index in [1.54, 1.807) is 6.20 Å². The van der Waals surface area contributed by atoms with Crippen LogP contribution in [0.3, 0.4) is 0 Å². The van der Waals surface area contributed by atoms with Gasteiger partial charge >= 0.3 is 0 Å². The SMILES string of the molecule is Clc1nccn2c(C3CCCCO3)nnc12. The summed E-state index contributed by atoms with van der Waals surface area (Å²) in [6, 6.07) is 0. The van der Waals surface area contributed by atoms with Crippen LogP contribution in [0.1, 0.15) is 31.2 Å². The Hall–Kier alpha value is -1.20. The van der Waals surface area contributed by atoms with Gasteiger partial charge in [0.2, 0.25) is 0 Å². The molecule has 1 atom stereocenters. The van der Waals surface area contributed by atoms with E-state index >= 15 is 0 Å². The van der Waals surface area contributed by atoms with Gasteiger partial charge < -0.3 is 4.74 Å². The van der Waals surface area contributed by atoms with E-state index in [1.807, 2.05) is 10.6 Å². The zero-order valence-corrected chi connectivity index (χ0v) is 9.39. The lowest BCUT2D eigenvalue weighted by molar-refractivity contribution is 0.00885. The van der Waals surface area contributed by atoms with Crippen LogP contribution in [0.2, 0.25) is 5.15 Å². The highest BCUT2D eigenvalue weighted by Crippen LogP contribution is 2.27. The molecule has 1 aliphatic rings. The molecule has 2 aromatic rings. The second-order valence-electron chi connectivity index (χ2n) is 3.83. The van der Waals surface area contributed by atoms with Crippen molar-refractivity contribution < 1.29 is 4.74 Å². The second-order valence-corrected chi connectivity index (χ2v) is 4.18. The molecule has 0 aliphatic carbocycles. The number of fused-ring (bicyclic) bond motifs is 1. The monoisotopic (exact) mass is 238 g/mol. The van der Waals surface area contributed by atoms with Crippen molar-refractivity contribution in [2.45, 2.75) is 25.4 Å². The highest BCUT2D eigenvalue weighted by Gasteiger charge is 2.22. The van der Waals surface area contributed by atoms with Crippen LogP contribution < -0.4 is 0 Å². The summed E-state index contributed by atoms with van der Waals surface area (Å²) < 4.78 is 7.54. The molecule has 84 valence electrons.